The van der Waals surface area contributed by atoms with Crippen LogP contribution >= 0.6 is 0 Å². The molecule has 1 aliphatic rings. The number of fused-ring (bicyclic) bond motifs is 1. The number of nitrogens with zero attached hydrogens (tertiary/aromatic N) is 2. The number of carbonyl (C=O) groups excluding carboxylic acids is 2. The van der Waals surface area contributed by atoms with E-state index in [1.54, 1.807) is 0 Å². The van der Waals surface area contributed by atoms with Crippen LogP contribution in [0.5, 0.6) is 0 Å². The Morgan fingerprint density at radius 3 is 2.88 bits per heavy atom. The number of carbonyl (C=O) groups is 2. The van der Waals surface area contributed by atoms with Gasteiger partial charge in [0.1, 0.15) is 0 Å². The van der Waals surface area contributed by atoms with Crippen molar-refractivity contribution in [2.24, 2.45) is 0 Å². The molecule has 1 saturated heterocycles. The largest absolute Gasteiger partial charge is 0.352 e. The van der Waals surface area contributed by atoms with Crippen LogP contribution < -0.4 is 5.32 Å². The summed E-state index contributed by atoms with van der Waals surface area (Å²) in [4.78, 5) is 30.5. The SMILES string of the molecule is Cc1ccc2nc(C)cc(C(=O)NCCCN3CCCC3=O)c2c1. The van der Waals surface area contributed by atoms with Gasteiger partial charge in [-0.05, 0) is 44.9 Å². The fourth-order valence-corrected chi connectivity index (χ4v) is 3.17. The number of pyridine rings is 1. The molecule has 0 spiro atoms. The Labute approximate surface area is 142 Å². The topological polar surface area (TPSA) is 62.3 Å². The number of hydrogen-bond donors (Lipinski definition) is 1. The summed E-state index contributed by atoms with van der Waals surface area (Å²) in [6, 6.07) is 7.79. The number of aryl methyl sites for hydroxylation is 2. The van der Waals surface area contributed by atoms with Crippen molar-refractivity contribution in [1.82, 2.24) is 15.2 Å². The first-order valence-electron chi connectivity index (χ1n) is 8.48. The minimum atomic E-state index is -0.0798. The minimum absolute atomic E-state index is 0.0798. The smallest absolute Gasteiger partial charge is 0.252 e. The van der Waals surface area contributed by atoms with E-state index in [1.165, 1.54) is 0 Å². The van der Waals surface area contributed by atoms with Gasteiger partial charge in [-0.3, -0.25) is 14.6 Å². The van der Waals surface area contributed by atoms with Crippen molar-refractivity contribution < 1.29 is 9.59 Å². The molecule has 1 N–H and O–H groups in total. The molecule has 2 amide bonds. The maximum absolute atomic E-state index is 12.6. The molecule has 2 aromatic rings. The van der Waals surface area contributed by atoms with Gasteiger partial charge in [0.25, 0.3) is 5.91 Å². The molecule has 126 valence electrons. The molecule has 0 atom stereocenters. The number of aromatic nitrogens is 1. The first kappa shape index (κ1) is 16.4. The van der Waals surface area contributed by atoms with Gasteiger partial charge in [0, 0.05) is 37.1 Å². The lowest BCUT2D eigenvalue weighted by Gasteiger charge is -2.15. The van der Waals surface area contributed by atoms with Crippen LogP contribution in [0.15, 0.2) is 24.3 Å². The summed E-state index contributed by atoms with van der Waals surface area (Å²) in [5.74, 6) is 0.149. The fourth-order valence-electron chi connectivity index (χ4n) is 3.17. The summed E-state index contributed by atoms with van der Waals surface area (Å²) in [7, 11) is 0. The highest BCUT2D eigenvalue weighted by Gasteiger charge is 2.19. The standard InChI is InChI=1S/C19H23N3O2/c1-13-6-7-17-15(11-13)16(12-14(2)21-17)19(24)20-8-4-10-22-9-3-5-18(22)23/h6-7,11-12H,3-5,8-10H2,1-2H3,(H,20,24). The third kappa shape index (κ3) is 3.55. The lowest BCUT2D eigenvalue weighted by atomic mass is 10.0. The predicted octanol–water partition coefficient (Wildman–Crippen LogP) is 2.59. The second kappa shape index (κ2) is 6.99. The molecule has 1 aromatic carbocycles. The van der Waals surface area contributed by atoms with Crippen LogP contribution in [-0.4, -0.2) is 41.3 Å². The van der Waals surface area contributed by atoms with Gasteiger partial charge in [0.05, 0.1) is 11.1 Å². The van der Waals surface area contributed by atoms with Gasteiger partial charge in [0.2, 0.25) is 5.91 Å². The van der Waals surface area contributed by atoms with E-state index in [2.05, 4.69) is 10.3 Å². The van der Waals surface area contributed by atoms with Crippen molar-refractivity contribution in [3.05, 3.63) is 41.1 Å². The third-order valence-corrected chi connectivity index (χ3v) is 4.40. The average molecular weight is 325 g/mol. The Kier molecular flexibility index (Phi) is 4.79. The molecular weight excluding hydrogens is 302 g/mol. The summed E-state index contributed by atoms with van der Waals surface area (Å²) in [5, 5.41) is 3.85. The first-order chi connectivity index (χ1) is 11.5. The highest BCUT2D eigenvalue weighted by Crippen LogP contribution is 2.20. The van der Waals surface area contributed by atoms with Crippen LogP contribution in [0.25, 0.3) is 10.9 Å². The normalized spacial score (nSPS) is 14.4. The zero-order valence-electron chi connectivity index (χ0n) is 14.3. The van der Waals surface area contributed by atoms with E-state index in [0.717, 1.165) is 41.5 Å². The van der Waals surface area contributed by atoms with Crippen molar-refractivity contribution >= 4 is 22.7 Å². The molecule has 1 aliphatic heterocycles. The molecule has 0 radical (unpaired) electrons. The lowest BCUT2D eigenvalue weighted by Crippen LogP contribution is -2.30. The van der Waals surface area contributed by atoms with Crippen molar-refractivity contribution in [3.8, 4) is 0 Å². The van der Waals surface area contributed by atoms with Crippen LogP contribution in [0.1, 0.15) is 40.9 Å². The van der Waals surface area contributed by atoms with Crippen LogP contribution in [0.4, 0.5) is 0 Å². The summed E-state index contributed by atoms with van der Waals surface area (Å²) in [5.41, 5.74) is 3.45. The van der Waals surface area contributed by atoms with Crippen molar-refractivity contribution in [1.29, 1.82) is 0 Å². The molecule has 5 nitrogen and oxygen atoms in total. The van der Waals surface area contributed by atoms with Gasteiger partial charge in [-0.25, -0.2) is 0 Å². The predicted molar refractivity (Wildman–Crippen MR) is 94.0 cm³/mol. The van der Waals surface area contributed by atoms with Gasteiger partial charge in [-0.15, -0.1) is 0 Å². The Hall–Kier alpha value is -2.43. The Morgan fingerprint density at radius 1 is 1.29 bits per heavy atom. The molecule has 3 rings (SSSR count). The number of hydrogen-bond acceptors (Lipinski definition) is 3. The van der Waals surface area contributed by atoms with Crippen molar-refractivity contribution in [2.45, 2.75) is 33.1 Å². The molecule has 0 aliphatic carbocycles. The van der Waals surface area contributed by atoms with Crippen LogP contribution in [0.3, 0.4) is 0 Å². The monoisotopic (exact) mass is 325 g/mol. The zero-order valence-corrected chi connectivity index (χ0v) is 14.3. The molecular formula is C19H23N3O2. The Bertz CT molecular complexity index is 786. The second-order valence-electron chi connectivity index (χ2n) is 6.43. The molecule has 1 aromatic heterocycles. The summed E-state index contributed by atoms with van der Waals surface area (Å²) < 4.78 is 0. The van der Waals surface area contributed by atoms with E-state index in [1.807, 2.05) is 43.0 Å². The molecule has 0 unspecified atom stereocenters. The average Bonchev–Trinajstić information content (AvgIpc) is 2.96. The zero-order chi connectivity index (χ0) is 17.1. The maximum atomic E-state index is 12.6. The van der Waals surface area contributed by atoms with E-state index in [9.17, 15) is 9.59 Å². The quantitative estimate of drug-likeness (QED) is 0.860. The van der Waals surface area contributed by atoms with Crippen LogP contribution in [-0.2, 0) is 4.79 Å². The van der Waals surface area contributed by atoms with E-state index >= 15 is 0 Å². The van der Waals surface area contributed by atoms with Gasteiger partial charge in [-0.1, -0.05) is 11.6 Å². The van der Waals surface area contributed by atoms with Gasteiger partial charge >= 0.3 is 0 Å². The summed E-state index contributed by atoms with van der Waals surface area (Å²) in [6.07, 6.45) is 2.39. The number of nitrogens with one attached hydrogen (secondary N) is 1. The lowest BCUT2D eigenvalue weighted by molar-refractivity contribution is -0.127. The van der Waals surface area contributed by atoms with Crippen LogP contribution in [0.2, 0.25) is 0 Å². The summed E-state index contributed by atoms with van der Waals surface area (Å²) in [6.45, 7) is 6.04. The molecule has 5 heteroatoms. The van der Waals surface area contributed by atoms with Crippen molar-refractivity contribution in [2.75, 3.05) is 19.6 Å². The van der Waals surface area contributed by atoms with Gasteiger partial charge in [-0.2, -0.15) is 0 Å². The fraction of sp³-hybridized carbons (Fsp3) is 0.421. The van der Waals surface area contributed by atoms with Gasteiger partial charge in [0.15, 0.2) is 0 Å². The van der Waals surface area contributed by atoms with E-state index < -0.39 is 0 Å². The van der Waals surface area contributed by atoms with Crippen molar-refractivity contribution in [3.63, 3.8) is 0 Å². The van der Waals surface area contributed by atoms with Crippen LogP contribution in [0, 0.1) is 13.8 Å². The number of rotatable bonds is 5. The molecule has 24 heavy (non-hydrogen) atoms. The molecule has 2 heterocycles. The Morgan fingerprint density at radius 2 is 2.12 bits per heavy atom. The van der Waals surface area contributed by atoms with E-state index in [-0.39, 0.29) is 11.8 Å². The molecule has 0 bridgehead atoms. The number of likely N-dealkylation sites (tertiary alicyclic amines) is 1. The number of amides is 2. The van der Waals surface area contributed by atoms with Gasteiger partial charge < -0.3 is 10.2 Å². The third-order valence-electron chi connectivity index (χ3n) is 4.40. The number of benzene rings is 1. The molecule has 0 saturated carbocycles. The maximum Gasteiger partial charge on any atom is 0.252 e. The Balaban J connectivity index is 1.65. The summed E-state index contributed by atoms with van der Waals surface area (Å²) >= 11 is 0. The first-order valence-corrected chi connectivity index (χ1v) is 8.48. The molecule has 1 fully saturated rings. The second-order valence-corrected chi connectivity index (χ2v) is 6.43. The highest BCUT2D eigenvalue weighted by atomic mass is 16.2. The van der Waals surface area contributed by atoms with E-state index in [0.29, 0.717) is 25.1 Å². The van der Waals surface area contributed by atoms with E-state index in [4.69, 9.17) is 0 Å². The highest BCUT2D eigenvalue weighted by molar-refractivity contribution is 6.06. The minimum Gasteiger partial charge on any atom is -0.352 e.